The van der Waals surface area contributed by atoms with Gasteiger partial charge >= 0.3 is 6.09 Å². The molecule has 3 aromatic heterocycles. The van der Waals surface area contributed by atoms with Crippen molar-refractivity contribution in [1.82, 2.24) is 19.9 Å². The lowest BCUT2D eigenvalue weighted by molar-refractivity contribution is 0.181. The number of fused-ring (bicyclic) bond motifs is 1. The molecule has 4 aromatic rings. The highest BCUT2D eigenvalue weighted by molar-refractivity contribution is 5.94. The largest absolute Gasteiger partial charge is 0.497 e. The number of carbonyl (C=O) groups excluding carboxylic acids is 1. The molecule has 0 atom stereocenters. The van der Waals surface area contributed by atoms with Crippen molar-refractivity contribution in [2.75, 3.05) is 35.8 Å². The van der Waals surface area contributed by atoms with Gasteiger partial charge in [-0.15, -0.1) is 0 Å². The molecule has 11 nitrogen and oxygen atoms in total. The fourth-order valence-electron chi connectivity index (χ4n) is 4.44. The topological polar surface area (TPSA) is 140 Å². The first kappa shape index (κ1) is 26.1. The lowest BCUT2D eigenvalue weighted by Gasteiger charge is -2.27. The Labute approximate surface area is 226 Å². The van der Waals surface area contributed by atoms with Crippen LogP contribution >= 0.6 is 0 Å². The molecule has 1 saturated heterocycles. The van der Waals surface area contributed by atoms with E-state index < -0.39 is 11.6 Å². The van der Waals surface area contributed by atoms with E-state index in [0.29, 0.717) is 41.4 Å². The highest BCUT2D eigenvalue weighted by atomic mass is 16.6. The average molecular weight is 529 g/mol. The molecule has 0 aliphatic carbocycles. The minimum Gasteiger partial charge on any atom is -0.497 e. The van der Waals surface area contributed by atoms with Gasteiger partial charge in [0.25, 0.3) is 0 Å². The van der Waals surface area contributed by atoms with Crippen LogP contribution in [-0.2, 0) is 16.8 Å². The fraction of sp³-hybridized carbons (Fsp3) is 0.321. The SMILES string of the molecule is CCC(N)(CC)c1ccnc(Nc2cc3nc(N4CCOC4=O)nc(NCc4ccc(OC)cc4)c3cn2)c1. The smallest absolute Gasteiger partial charge is 0.416 e. The van der Waals surface area contributed by atoms with Crippen molar-refractivity contribution >= 4 is 40.4 Å². The molecule has 11 heteroatoms. The van der Waals surface area contributed by atoms with Crippen LogP contribution < -0.4 is 26.0 Å². The summed E-state index contributed by atoms with van der Waals surface area (Å²) < 4.78 is 10.4. The van der Waals surface area contributed by atoms with Crippen LogP contribution in [0.5, 0.6) is 5.75 Å². The highest BCUT2D eigenvalue weighted by Gasteiger charge is 2.27. The molecule has 1 aliphatic heterocycles. The number of aromatic nitrogens is 4. The molecule has 4 N–H and O–H groups in total. The van der Waals surface area contributed by atoms with Crippen LogP contribution in [0.2, 0.25) is 0 Å². The molecule has 0 bridgehead atoms. The van der Waals surface area contributed by atoms with Gasteiger partial charge in [0, 0.05) is 30.5 Å². The van der Waals surface area contributed by atoms with Crippen LogP contribution in [0.1, 0.15) is 37.8 Å². The Bertz CT molecular complexity index is 1470. The van der Waals surface area contributed by atoms with E-state index in [2.05, 4.69) is 44.4 Å². The van der Waals surface area contributed by atoms with Crippen molar-refractivity contribution in [3.8, 4) is 5.75 Å². The van der Waals surface area contributed by atoms with Gasteiger partial charge in [0.05, 0.1) is 24.6 Å². The number of carbonyl (C=O) groups is 1. The molecule has 202 valence electrons. The summed E-state index contributed by atoms with van der Waals surface area (Å²) in [6, 6.07) is 13.5. The van der Waals surface area contributed by atoms with Crippen LogP contribution in [-0.4, -0.2) is 46.3 Å². The average Bonchev–Trinajstić information content (AvgIpc) is 3.41. The number of anilines is 4. The third-order valence-corrected chi connectivity index (χ3v) is 7.04. The molecule has 1 fully saturated rings. The number of ether oxygens (including phenoxy) is 2. The number of methoxy groups -OCH3 is 1. The molecule has 4 heterocycles. The number of rotatable bonds is 10. The van der Waals surface area contributed by atoms with Crippen LogP contribution in [0, 0.1) is 0 Å². The number of pyridine rings is 2. The van der Waals surface area contributed by atoms with Gasteiger partial charge in [-0.25, -0.2) is 24.6 Å². The lowest BCUT2D eigenvalue weighted by Crippen LogP contribution is -2.35. The maximum atomic E-state index is 12.3. The summed E-state index contributed by atoms with van der Waals surface area (Å²) in [5.74, 6) is 2.79. The van der Waals surface area contributed by atoms with E-state index in [1.54, 1.807) is 19.5 Å². The van der Waals surface area contributed by atoms with Gasteiger partial charge in [0.2, 0.25) is 5.95 Å². The van der Waals surface area contributed by atoms with Gasteiger partial charge < -0.3 is 25.8 Å². The molecule has 5 rings (SSSR count). The molecular weight excluding hydrogens is 496 g/mol. The summed E-state index contributed by atoms with van der Waals surface area (Å²) >= 11 is 0. The second-order valence-corrected chi connectivity index (χ2v) is 9.34. The van der Waals surface area contributed by atoms with Gasteiger partial charge in [-0.05, 0) is 48.2 Å². The Hall–Kier alpha value is -4.51. The standard InChI is InChI=1S/C28H32N8O3/c1-4-28(29,5-2)19-10-11-30-23(14-19)34-24-15-22-21(17-31-24)25(32-16-18-6-8-20(38-3)9-7-18)35-26(33-22)36-12-13-39-27(36)37/h6-11,14-15,17H,4-5,12-13,16,29H2,1-3H3,(H,30,31,34)(H,32,33,35). The second kappa shape index (κ2) is 11.1. The van der Waals surface area contributed by atoms with Crippen molar-refractivity contribution in [3.05, 3.63) is 66.0 Å². The van der Waals surface area contributed by atoms with E-state index in [1.165, 1.54) is 4.90 Å². The normalized spacial score (nSPS) is 13.4. The third kappa shape index (κ3) is 5.53. The first-order chi connectivity index (χ1) is 18.9. The first-order valence-corrected chi connectivity index (χ1v) is 12.9. The number of amides is 1. The van der Waals surface area contributed by atoms with Crippen molar-refractivity contribution in [3.63, 3.8) is 0 Å². The van der Waals surface area contributed by atoms with Gasteiger partial charge in [-0.3, -0.25) is 0 Å². The van der Waals surface area contributed by atoms with E-state index in [9.17, 15) is 4.79 Å². The maximum Gasteiger partial charge on any atom is 0.416 e. The Balaban J connectivity index is 1.47. The summed E-state index contributed by atoms with van der Waals surface area (Å²) in [5, 5.41) is 7.35. The number of nitrogens with two attached hydrogens (primary N) is 1. The van der Waals surface area contributed by atoms with Gasteiger partial charge in [0.15, 0.2) is 0 Å². The van der Waals surface area contributed by atoms with Crippen molar-refractivity contribution in [1.29, 1.82) is 0 Å². The monoisotopic (exact) mass is 528 g/mol. The Kier molecular flexibility index (Phi) is 7.42. The zero-order chi connectivity index (χ0) is 27.4. The predicted molar refractivity (Wildman–Crippen MR) is 150 cm³/mol. The minimum atomic E-state index is -0.471. The molecule has 0 radical (unpaired) electrons. The molecular formula is C28H32N8O3. The summed E-state index contributed by atoms with van der Waals surface area (Å²) in [5.41, 5.74) is 8.83. The fourth-order valence-corrected chi connectivity index (χ4v) is 4.44. The summed E-state index contributed by atoms with van der Waals surface area (Å²) in [6.45, 7) is 5.33. The van der Waals surface area contributed by atoms with Crippen molar-refractivity contribution in [2.45, 2.75) is 38.8 Å². The Morgan fingerprint density at radius 3 is 2.54 bits per heavy atom. The molecule has 39 heavy (non-hydrogen) atoms. The van der Waals surface area contributed by atoms with Crippen molar-refractivity contribution < 1.29 is 14.3 Å². The number of cyclic esters (lactones) is 1. The predicted octanol–water partition coefficient (Wildman–Crippen LogP) is 4.71. The number of nitrogens with one attached hydrogen (secondary N) is 2. The lowest BCUT2D eigenvalue weighted by atomic mass is 9.86. The first-order valence-electron chi connectivity index (χ1n) is 12.9. The number of benzene rings is 1. The second-order valence-electron chi connectivity index (χ2n) is 9.34. The number of hydrogen-bond acceptors (Lipinski definition) is 10. The molecule has 0 unspecified atom stereocenters. The van der Waals surface area contributed by atoms with Crippen LogP contribution in [0.4, 0.5) is 28.2 Å². The minimum absolute atomic E-state index is 0.262. The van der Waals surface area contributed by atoms with Crippen LogP contribution in [0.25, 0.3) is 10.9 Å². The highest BCUT2D eigenvalue weighted by Crippen LogP contribution is 2.30. The number of hydrogen-bond donors (Lipinski definition) is 3. The molecule has 1 amide bonds. The van der Waals surface area contributed by atoms with E-state index >= 15 is 0 Å². The summed E-state index contributed by atoms with van der Waals surface area (Å²) in [7, 11) is 1.63. The third-order valence-electron chi connectivity index (χ3n) is 7.04. The van der Waals surface area contributed by atoms with Gasteiger partial charge in [-0.1, -0.05) is 26.0 Å². The maximum absolute atomic E-state index is 12.3. The van der Waals surface area contributed by atoms with Gasteiger partial charge in [-0.2, -0.15) is 4.98 Å². The summed E-state index contributed by atoms with van der Waals surface area (Å²) in [6.07, 6.45) is 4.60. The van der Waals surface area contributed by atoms with E-state index in [-0.39, 0.29) is 12.6 Å². The molecule has 1 aromatic carbocycles. The van der Waals surface area contributed by atoms with Crippen LogP contribution in [0.15, 0.2) is 54.9 Å². The van der Waals surface area contributed by atoms with Gasteiger partial charge in [0.1, 0.15) is 29.8 Å². The van der Waals surface area contributed by atoms with E-state index in [0.717, 1.165) is 29.7 Å². The quantitative estimate of drug-likeness (QED) is 0.265. The molecule has 0 spiro atoms. The van der Waals surface area contributed by atoms with E-state index in [1.807, 2.05) is 42.5 Å². The van der Waals surface area contributed by atoms with E-state index in [4.69, 9.17) is 15.2 Å². The zero-order valence-electron chi connectivity index (χ0n) is 22.3. The Morgan fingerprint density at radius 1 is 1.08 bits per heavy atom. The summed E-state index contributed by atoms with van der Waals surface area (Å²) in [4.78, 5) is 32.1. The number of nitrogens with zero attached hydrogens (tertiary/aromatic N) is 5. The van der Waals surface area contributed by atoms with Crippen molar-refractivity contribution in [2.24, 2.45) is 5.73 Å². The molecule has 1 aliphatic rings. The Morgan fingerprint density at radius 2 is 1.85 bits per heavy atom. The molecule has 0 saturated carbocycles. The zero-order valence-corrected chi connectivity index (χ0v) is 22.3. The van der Waals surface area contributed by atoms with Crippen LogP contribution in [0.3, 0.4) is 0 Å².